The summed E-state index contributed by atoms with van der Waals surface area (Å²) in [5.41, 5.74) is 6.35. The fourth-order valence-electron chi connectivity index (χ4n) is 1.23. The second-order valence-corrected chi connectivity index (χ2v) is 3.12. The van der Waals surface area contributed by atoms with E-state index in [4.69, 9.17) is 10.2 Å². The van der Waals surface area contributed by atoms with Gasteiger partial charge in [0.1, 0.15) is 5.52 Å². The summed E-state index contributed by atoms with van der Waals surface area (Å²) in [6, 6.07) is 4.60. The lowest BCUT2D eigenvalue weighted by molar-refractivity contribution is 0.0981. The summed E-state index contributed by atoms with van der Waals surface area (Å²) >= 11 is 0. The SMILES string of the molecule is CC(=O)c1nc2ccc(C(N)=O)cc2o1. The predicted molar refractivity (Wildman–Crippen MR) is 52.5 cm³/mol. The first-order chi connectivity index (χ1) is 7.08. The smallest absolute Gasteiger partial charge is 0.263 e. The summed E-state index contributed by atoms with van der Waals surface area (Å²) in [5, 5.41) is 0. The molecule has 2 aromatic rings. The number of rotatable bonds is 2. The number of carbonyl (C=O) groups excluding carboxylic acids is 2. The molecule has 2 rings (SSSR count). The lowest BCUT2D eigenvalue weighted by atomic mass is 10.2. The second kappa shape index (κ2) is 3.20. The first-order valence-electron chi connectivity index (χ1n) is 4.29. The van der Waals surface area contributed by atoms with Crippen LogP contribution < -0.4 is 5.73 Å². The van der Waals surface area contributed by atoms with Crippen LogP contribution in [0.15, 0.2) is 22.6 Å². The number of aromatic nitrogens is 1. The van der Waals surface area contributed by atoms with Gasteiger partial charge in [0.2, 0.25) is 11.7 Å². The molecular formula is C10H8N2O3. The van der Waals surface area contributed by atoms with Crippen LogP contribution in [0.3, 0.4) is 0 Å². The minimum absolute atomic E-state index is 0.0339. The van der Waals surface area contributed by atoms with Gasteiger partial charge in [0.25, 0.3) is 5.89 Å². The van der Waals surface area contributed by atoms with Crippen molar-refractivity contribution in [1.29, 1.82) is 0 Å². The number of carbonyl (C=O) groups is 2. The Bertz CT molecular complexity index is 545. The third-order valence-corrected chi connectivity index (χ3v) is 1.97. The van der Waals surface area contributed by atoms with Crippen molar-refractivity contribution in [1.82, 2.24) is 4.98 Å². The molecule has 0 saturated carbocycles. The molecule has 0 atom stereocenters. The van der Waals surface area contributed by atoms with E-state index in [1.54, 1.807) is 6.07 Å². The molecule has 1 amide bonds. The fraction of sp³-hybridized carbons (Fsp3) is 0.100. The number of oxazole rings is 1. The van der Waals surface area contributed by atoms with Crippen molar-refractivity contribution >= 4 is 22.8 Å². The van der Waals surface area contributed by atoms with Gasteiger partial charge in [-0.2, -0.15) is 0 Å². The van der Waals surface area contributed by atoms with E-state index in [1.807, 2.05) is 0 Å². The van der Waals surface area contributed by atoms with Crippen molar-refractivity contribution in [2.45, 2.75) is 6.92 Å². The molecule has 76 valence electrons. The topological polar surface area (TPSA) is 86.2 Å². The van der Waals surface area contributed by atoms with Crippen molar-refractivity contribution in [3.05, 3.63) is 29.7 Å². The molecule has 0 radical (unpaired) electrons. The van der Waals surface area contributed by atoms with Crippen LogP contribution in [-0.4, -0.2) is 16.7 Å². The molecule has 0 aliphatic carbocycles. The van der Waals surface area contributed by atoms with E-state index in [1.165, 1.54) is 19.1 Å². The summed E-state index contributed by atoms with van der Waals surface area (Å²) in [7, 11) is 0. The lowest BCUT2D eigenvalue weighted by Crippen LogP contribution is -2.10. The number of Topliss-reactive ketones (excluding diaryl/α,β-unsaturated/α-hetero) is 1. The maximum Gasteiger partial charge on any atom is 0.263 e. The Morgan fingerprint density at radius 2 is 2.13 bits per heavy atom. The highest BCUT2D eigenvalue weighted by Gasteiger charge is 2.11. The Morgan fingerprint density at radius 1 is 1.40 bits per heavy atom. The van der Waals surface area contributed by atoms with E-state index in [0.29, 0.717) is 16.7 Å². The first kappa shape index (κ1) is 9.39. The van der Waals surface area contributed by atoms with E-state index >= 15 is 0 Å². The zero-order valence-electron chi connectivity index (χ0n) is 7.98. The standard InChI is InChI=1S/C10H8N2O3/c1-5(13)10-12-7-3-2-6(9(11)14)4-8(7)15-10/h2-4H,1H3,(H2,11,14). The van der Waals surface area contributed by atoms with Gasteiger partial charge in [0.15, 0.2) is 5.58 Å². The first-order valence-corrected chi connectivity index (χ1v) is 4.29. The van der Waals surface area contributed by atoms with E-state index in [2.05, 4.69) is 4.98 Å². The van der Waals surface area contributed by atoms with Crippen LogP contribution in [0, 0.1) is 0 Å². The van der Waals surface area contributed by atoms with Gasteiger partial charge in [-0.05, 0) is 18.2 Å². The van der Waals surface area contributed by atoms with E-state index in [-0.39, 0.29) is 11.7 Å². The van der Waals surface area contributed by atoms with Gasteiger partial charge in [-0.25, -0.2) is 4.98 Å². The Morgan fingerprint density at radius 3 is 2.73 bits per heavy atom. The summed E-state index contributed by atoms with van der Waals surface area (Å²) in [5.74, 6) is -0.767. The van der Waals surface area contributed by atoms with Gasteiger partial charge in [0.05, 0.1) is 0 Å². The van der Waals surface area contributed by atoms with Crippen molar-refractivity contribution in [2.75, 3.05) is 0 Å². The molecule has 0 aliphatic rings. The summed E-state index contributed by atoms with van der Waals surface area (Å²) in [4.78, 5) is 25.8. The van der Waals surface area contributed by atoms with Crippen molar-refractivity contribution in [3.63, 3.8) is 0 Å². The quantitative estimate of drug-likeness (QED) is 0.743. The molecule has 5 nitrogen and oxygen atoms in total. The maximum absolute atomic E-state index is 11.0. The van der Waals surface area contributed by atoms with Crippen molar-refractivity contribution in [2.24, 2.45) is 5.73 Å². The van der Waals surface area contributed by atoms with Crippen LogP contribution in [0.2, 0.25) is 0 Å². The molecule has 15 heavy (non-hydrogen) atoms. The van der Waals surface area contributed by atoms with Crippen LogP contribution in [-0.2, 0) is 0 Å². The summed E-state index contributed by atoms with van der Waals surface area (Å²) in [6.45, 7) is 1.36. The molecule has 2 N–H and O–H groups in total. The van der Waals surface area contributed by atoms with E-state index in [9.17, 15) is 9.59 Å². The minimum atomic E-state index is -0.544. The molecule has 1 heterocycles. The normalized spacial score (nSPS) is 10.5. The van der Waals surface area contributed by atoms with Crippen LogP contribution >= 0.6 is 0 Å². The number of amides is 1. The van der Waals surface area contributed by atoms with E-state index < -0.39 is 5.91 Å². The highest BCUT2D eigenvalue weighted by Crippen LogP contribution is 2.17. The zero-order valence-corrected chi connectivity index (χ0v) is 7.98. The lowest BCUT2D eigenvalue weighted by Gasteiger charge is -1.92. The average molecular weight is 204 g/mol. The average Bonchev–Trinajstić information content (AvgIpc) is 2.59. The molecule has 0 fully saturated rings. The Labute approximate surface area is 84.9 Å². The third kappa shape index (κ3) is 1.59. The Hall–Kier alpha value is -2.17. The number of hydrogen-bond donors (Lipinski definition) is 1. The van der Waals surface area contributed by atoms with Crippen LogP contribution in [0.25, 0.3) is 11.1 Å². The Balaban J connectivity index is 2.62. The van der Waals surface area contributed by atoms with E-state index in [0.717, 1.165) is 0 Å². The van der Waals surface area contributed by atoms with Gasteiger partial charge in [-0.15, -0.1) is 0 Å². The second-order valence-electron chi connectivity index (χ2n) is 3.12. The Kier molecular flexibility index (Phi) is 2.00. The number of nitrogens with two attached hydrogens (primary N) is 1. The molecule has 5 heteroatoms. The molecule has 1 aromatic heterocycles. The van der Waals surface area contributed by atoms with Gasteiger partial charge in [0, 0.05) is 12.5 Å². The summed E-state index contributed by atoms with van der Waals surface area (Å²) < 4.78 is 5.15. The number of primary amides is 1. The predicted octanol–water partition coefficient (Wildman–Crippen LogP) is 1.13. The van der Waals surface area contributed by atoms with Crippen molar-refractivity contribution in [3.8, 4) is 0 Å². The molecule has 0 spiro atoms. The largest absolute Gasteiger partial charge is 0.434 e. The molecular weight excluding hydrogens is 196 g/mol. The monoisotopic (exact) mass is 204 g/mol. The molecule has 0 unspecified atom stereocenters. The fourth-order valence-corrected chi connectivity index (χ4v) is 1.23. The van der Waals surface area contributed by atoms with Crippen LogP contribution in [0.4, 0.5) is 0 Å². The third-order valence-electron chi connectivity index (χ3n) is 1.97. The molecule has 0 aliphatic heterocycles. The molecule has 0 bridgehead atoms. The van der Waals surface area contributed by atoms with Gasteiger partial charge >= 0.3 is 0 Å². The zero-order chi connectivity index (χ0) is 11.0. The van der Waals surface area contributed by atoms with Crippen LogP contribution in [0.5, 0.6) is 0 Å². The van der Waals surface area contributed by atoms with Gasteiger partial charge < -0.3 is 10.2 Å². The number of fused-ring (bicyclic) bond motifs is 1. The highest BCUT2D eigenvalue weighted by atomic mass is 16.4. The maximum atomic E-state index is 11.0. The number of hydrogen-bond acceptors (Lipinski definition) is 4. The number of nitrogens with zero attached hydrogens (tertiary/aromatic N) is 1. The molecule has 1 aromatic carbocycles. The van der Waals surface area contributed by atoms with Gasteiger partial charge in [-0.3, -0.25) is 9.59 Å². The molecule has 0 saturated heterocycles. The highest BCUT2D eigenvalue weighted by molar-refractivity contribution is 5.97. The number of ketones is 1. The minimum Gasteiger partial charge on any atom is -0.434 e. The van der Waals surface area contributed by atoms with Crippen LogP contribution in [0.1, 0.15) is 28.0 Å². The number of benzene rings is 1. The van der Waals surface area contributed by atoms with Gasteiger partial charge in [-0.1, -0.05) is 0 Å². The summed E-state index contributed by atoms with van der Waals surface area (Å²) in [6.07, 6.45) is 0. The van der Waals surface area contributed by atoms with Crippen molar-refractivity contribution < 1.29 is 14.0 Å².